The summed E-state index contributed by atoms with van der Waals surface area (Å²) in [4.78, 5) is 14.4. The summed E-state index contributed by atoms with van der Waals surface area (Å²) in [6.07, 6.45) is 2.19. The lowest BCUT2D eigenvalue weighted by Gasteiger charge is -2.25. The zero-order valence-electron chi connectivity index (χ0n) is 12.0. The van der Waals surface area contributed by atoms with E-state index in [2.05, 4.69) is 26.1 Å². The second-order valence-corrected chi connectivity index (χ2v) is 6.18. The van der Waals surface area contributed by atoms with Crippen molar-refractivity contribution in [1.29, 1.82) is 0 Å². The van der Waals surface area contributed by atoms with Gasteiger partial charge in [0.25, 0.3) is 5.91 Å². The van der Waals surface area contributed by atoms with E-state index in [1.165, 1.54) is 0 Å². The average molecular weight is 261 g/mol. The lowest BCUT2D eigenvalue weighted by Crippen LogP contribution is -2.31. The molecule has 1 aromatic rings. The topological polar surface area (TPSA) is 58.4 Å². The molecule has 0 aliphatic carbocycles. The van der Waals surface area contributed by atoms with Gasteiger partial charge in [-0.15, -0.1) is 0 Å². The van der Waals surface area contributed by atoms with Crippen LogP contribution in [0.4, 0.5) is 11.4 Å². The number of nitrogens with two attached hydrogens (primary N) is 1. The third kappa shape index (κ3) is 3.40. The Morgan fingerprint density at radius 2 is 1.89 bits per heavy atom. The molecule has 3 N–H and O–H groups in total. The first kappa shape index (κ1) is 13.7. The molecule has 1 aliphatic rings. The van der Waals surface area contributed by atoms with Crippen molar-refractivity contribution < 1.29 is 4.79 Å². The molecular weight excluding hydrogens is 238 g/mol. The van der Waals surface area contributed by atoms with Gasteiger partial charge in [-0.3, -0.25) is 4.79 Å². The Balaban J connectivity index is 2.31. The third-order valence-corrected chi connectivity index (χ3v) is 3.18. The Morgan fingerprint density at radius 1 is 1.26 bits per heavy atom. The van der Waals surface area contributed by atoms with Gasteiger partial charge in [-0.25, -0.2) is 0 Å². The summed E-state index contributed by atoms with van der Waals surface area (Å²) in [6.45, 7) is 7.93. The second kappa shape index (κ2) is 5.11. The van der Waals surface area contributed by atoms with E-state index >= 15 is 0 Å². The molecule has 19 heavy (non-hydrogen) atoms. The number of carbonyl (C=O) groups excluding carboxylic acids is 1. The maximum absolute atomic E-state index is 12.5. The lowest BCUT2D eigenvalue weighted by molar-refractivity contribution is 0.0794. The van der Waals surface area contributed by atoms with Crippen LogP contribution in [0.1, 0.15) is 44.0 Å². The molecule has 2 rings (SSSR count). The van der Waals surface area contributed by atoms with Crippen molar-refractivity contribution >= 4 is 17.3 Å². The molecule has 0 radical (unpaired) electrons. The number of likely N-dealkylation sites (tertiary alicyclic amines) is 1. The first-order chi connectivity index (χ1) is 8.87. The molecule has 0 atom stereocenters. The third-order valence-electron chi connectivity index (χ3n) is 3.18. The number of amides is 1. The molecule has 1 heterocycles. The predicted octanol–water partition coefficient (Wildman–Crippen LogP) is 2.72. The molecule has 1 saturated heterocycles. The average Bonchev–Trinajstić information content (AvgIpc) is 2.82. The van der Waals surface area contributed by atoms with Crippen molar-refractivity contribution in [1.82, 2.24) is 4.90 Å². The predicted molar refractivity (Wildman–Crippen MR) is 79.4 cm³/mol. The molecule has 1 fully saturated rings. The number of rotatable bonds is 2. The van der Waals surface area contributed by atoms with Crippen molar-refractivity contribution in [3.8, 4) is 0 Å². The molecule has 0 aromatic heterocycles. The number of nitrogens with zero attached hydrogens (tertiary/aromatic N) is 1. The van der Waals surface area contributed by atoms with Crippen LogP contribution in [-0.4, -0.2) is 29.4 Å². The number of benzene rings is 1. The summed E-state index contributed by atoms with van der Waals surface area (Å²) >= 11 is 0. The van der Waals surface area contributed by atoms with E-state index in [0.717, 1.165) is 31.6 Å². The van der Waals surface area contributed by atoms with Crippen LogP contribution in [0.3, 0.4) is 0 Å². The maximum Gasteiger partial charge on any atom is 0.256 e. The largest absolute Gasteiger partial charge is 0.399 e. The zero-order chi connectivity index (χ0) is 14.0. The van der Waals surface area contributed by atoms with Gasteiger partial charge in [0.2, 0.25) is 0 Å². The molecule has 0 spiro atoms. The first-order valence-corrected chi connectivity index (χ1v) is 6.84. The van der Waals surface area contributed by atoms with Crippen LogP contribution in [0.25, 0.3) is 0 Å². The quantitative estimate of drug-likeness (QED) is 0.805. The fraction of sp³-hybridized carbons (Fsp3) is 0.533. The van der Waals surface area contributed by atoms with Gasteiger partial charge in [0, 0.05) is 30.0 Å². The van der Waals surface area contributed by atoms with Crippen molar-refractivity contribution in [2.24, 2.45) is 0 Å². The van der Waals surface area contributed by atoms with E-state index in [4.69, 9.17) is 5.73 Å². The molecule has 0 unspecified atom stereocenters. The van der Waals surface area contributed by atoms with E-state index in [-0.39, 0.29) is 11.4 Å². The van der Waals surface area contributed by atoms with Gasteiger partial charge in [0.05, 0.1) is 5.56 Å². The Labute approximate surface area is 115 Å². The van der Waals surface area contributed by atoms with Gasteiger partial charge in [-0.2, -0.15) is 0 Å². The maximum atomic E-state index is 12.5. The van der Waals surface area contributed by atoms with E-state index in [0.29, 0.717) is 11.3 Å². The van der Waals surface area contributed by atoms with Gasteiger partial charge < -0.3 is 16.0 Å². The Bertz CT molecular complexity index is 471. The summed E-state index contributed by atoms with van der Waals surface area (Å²) in [7, 11) is 0. The van der Waals surface area contributed by atoms with Crippen molar-refractivity contribution in [3.05, 3.63) is 23.8 Å². The molecule has 4 nitrogen and oxygen atoms in total. The lowest BCUT2D eigenvalue weighted by atomic mass is 10.1. The van der Waals surface area contributed by atoms with E-state index in [1.54, 1.807) is 6.07 Å². The number of hydrogen-bond acceptors (Lipinski definition) is 3. The van der Waals surface area contributed by atoms with E-state index in [9.17, 15) is 4.79 Å². The Morgan fingerprint density at radius 3 is 2.47 bits per heavy atom. The number of anilines is 2. The fourth-order valence-corrected chi connectivity index (χ4v) is 2.34. The van der Waals surface area contributed by atoms with Crippen LogP contribution >= 0.6 is 0 Å². The van der Waals surface area contributed by atoms with Gasteiger partial charge in [-0.1, -0.05) is 0 Å². The highest BCUT2D eigenvalue weighted by Gasteiger charge is 2.23. The minimum atomic E-state index is -0.0871. The monoisotopic (exact) mass is 261 g/mol. The highest BCUT2D eigenvalue weighted by molar-refractivity contribution is 6.00. The zero-order valence-corrected chi connectivity index (χ0v) is 12.0. The molecule has 4 heteroatoms. The summed E-state index contributed by atoms with van der Waals surface area (Å²) in [5, 5.41) is 3.38. The smallest absolute Gasteiger partial charge is 0.256 e. The van der Waals surface area contributed by atoms with Crippen LogP contribution in [0.15, 0.2) is 18.2 Å². The van der Waals surface area contributed by atoms with Crippen LogP contribution in [0.2, 0.25) is 0 Å². The molecule has 1 amide bonds. The van der Waals surface area contributed by atoms with Gasteiger partial charge in [0.15, 0.2) is 0 Å². The Kier molecular flexibility index (Phi) is 3.69. The van der Waals surface area contributed by atoms with Crippen LogP contribution in [0.5, 0.6) is 0 Å². The second-order valence-electron chi connectivity index (χ2n) is 6.18. The SMILES string of the molecule is CC(C)(C)Nc1ccc(N)cc1C(=O)N1CCCC1. The molecular formula is C15H23N3O. The van der Waals surface area contributed by atoms with Gasteiger partial charge in [-0.05, 0) is 51.8 Å². The van der Waals surface area contributed by atoms with Crippen molar-refractivity contribution in [2.45, 2.75) is 39.2 Å². The molecule has 1 aromatic carbocycles. The highest BCUT2D eigenvalue weighted by Crippen LogP contribution is 2.25. The van der Waals surface area contributed by atoms with Crippen molar-refractivity contribution in [3.63, 3.8) is 0 Å². The minimum absolute atomic E-state index is 0.0801. The van der Waals surface area contributed by atoms with Crippen LogP contribution < -0.4 is 11.1 Å². The highest BCUT2D eigenvalue weighted by atomic mass is 16.2. The summed E-state index contributed by atoms with van der Waals surface area (Å²) in [6, 6.07) is 5.49. The summed E-state index contributed by atoms with van der Waals surface area (Å²) in [5.41, 5.74) is 7.91. The van der Waals surface area contributed by atoms with Gasteiger partial charge >= 0.3 is 0 Å². The number of nitrogens with one attached hydrogen (secondary N) is 1. The number of carbonyl (C=O) groups is 1. The molecule has 0 bridgehead atoms. The molecule has 1 aliphatic heterocycles. The normalized spacial score (nSPS) is 15.6. The van der Waals surface area contributed by atoms with Crippen LogP contribution in [0, 0.1) is 0 Å². The van der Waals surface area contributed by atoms with E-state index < -0.39 is 0 Å². The summed E-state index contributed by atoms with van der Waals surface area (Å²) < 4.78 is 0. The fourth-order valence-electron chi connectivity index (χ4n) is 2.34. The minimum Gasteiger partial charge on any atom is -0.399 e. The Hall–Kier alpha value is -1.71. The van der Waals surface area contributed by atoms with E-state index in [1.807, 2.05) is 17.0 Å². The molecule has 0 saturated carbocycles. The molecule has 104 valence electrons. The number of nitrogen functional groups attached to an aromatic ring is 1. The van der Waals surface area contributed by atoms with Crippen LogP contribution in [-0.2, 0) is 0 Å². The first-order valence-electron chi connectivity index (χ1n) is 6.84. The summed E-state index contributed by atoms with van der Waals surface area (Å²) in [5.74, 6) is 0.0801. The van der Waals surface area contributed by atoms with Gasteiger partial charge in [0.1, 0.15) is 0 Å². The standard InChI is InChI=1S/C15H23N3O/c1-15(2,3)17-13-7-6-11(16)10-12(13)14(19)18-8-4-5-9-18/h6-7,10,17H,4-5,8-9,16H2,1-3H3. The van der Waals surface area contributed by atoms with Crippen molar-refractivity contribution in [2.75, 3.05) is 24.1 Å². The number of hydrogen-bond donors (Lipinski definition) is 2.